The van der Waals surface area contributed by atoms with E-state index in [0.29, 0.717) is 29.7 Å². The highest BCUT2D eigenvalue weighted by Crippen LogP contribution is 2.52. The molecule has 1 saturated heterocycles. The highest BCUT2D eigenvalue weighted by molar-refractivity contribution is 5.88. The second-order valence-electron chi connectivity index (χ2n) is 10.9. The molecule has 1 saturated carbocycles. The smallest absolute Gasteiger partial charge is 0.410 e. The number of rotatable bonds is 4. The number of aromatic nitrogens is 2. The number of nitrogens with one attached hydrogen (secondary N) is 1. The van der Waals surface area contributed by atoms with Crippen molar-refractivity contribution in [1.29, 1.82) is 0 Å². The summed E-state index contributed by atoms with van der Waals surface area (Å²) in [6.07, 6.45) is -0.349. The standard InChI is InChI=1S/C24H32F2N4O3/c1-22(2,3)33-21(32)30-11-14-15(12-30)17(14)20(31)27-23(4,5)19-13-9-8-10-16(24(6,25)26)18(13)29(7)28-19/h8-10,14-15,17H,11-12H2,1-7H3,(H,27,31)/t14-,15+,17?. The number of piperidine rings is 1. The van der Waals surface area contributed by atoms with Gasteiger partial charge in [0, 0.05) is 43.9 Å². The number of ether oxygens (including phenoxy) is 1. The van der Waals surface area contributed by atoms with E-state index in [1.54, 1.807) is 24.1 Å². The fourth-order valence-corrected chi connectivity index (χ4v) is 4.99. The molecule has 1 aliphatic heterocycles. The van der Waals surface area contributed by atoms with Gasteiger partial charge in [-0.3, -0.25) is 9.48 Å². The number of halogens is 2. The number of hydrogen-bond acceptors (Lipinski definition) is 4. The molecule has 2 heterocycles. The summed E-state index contributed by atoms with van der Waals surface area (Å²) in [5, 5.41) is 8.17. The SMILES string of the molecule is Cn1nc(C(C)(C)NC(=O)C2[C@H]3CN(C(=O)OC(C)(C)C)C[C@@H]23)c2cccc(C(C)(F)F)c21. The zero-order valence-corrected chi connectivity index (χ0v) is 20.2. The van der Waals surface area contributed by atoms with Gasteiger partial charge in [0.2, 0.25) is 5.91 Å². The van der Waals surface area contributed by atoms with Crippen molar-refractivity contribution in [3.63, 3.8) is 0 Å². The van der Waals surface area contributed by atoms with Gasteiger partial charge in [-0.25, -0.2) is 13.6 Å². The van der Waals surface area contributed by atoms with Crippen LogP contribution in [0.4, 0.5) is 13.6 Å². The Bertz CT molecular complexity index is 1100. The lowest BCUT2D eigenvalue weighted by molar-refractivity contribution is -0.125. The molecule has 1 aromatic carbocycles. The summed E-state index contributed by atoms with van der Waals surface area (Å²) in [5.41, 5.74) is -0.612. The summed E-state index contributed by atoms with van der Waals surface area (Å²) in [6.45, 7) is 11.0. The molecule has 1 N–H and O–H groups in total. The minimum Gasteiger partial charge on any atom is -0.444 e. The molecule has 0 bridgehead atoms. The lowest BCUT2D eigenvalue weighted by Gasteiger charge is -2.27. The number of para-hydroxylation sites is 1. The lowest BCUT2D eigenvalue weighted by atomic mass is 9.95. The van der Waals surface area contributed by atoms with E-state index in [1.165, 1.54) is 10.7 Å². The van der Waals surface area contributed by atoms with Gasteiger partial charge in [0.05, 0.1) is 16.7 Å². The number of nitrogens with zero attached hydrogens (tertiary/aromatic N) is 3. The van der Waals surface area contributed by atoms with Crippen molar-refractivity contribution < 1.29 is 23.1 Å². The number of alkyl halides is 2. The molecule has 9 heteroatoms. The third-order valence-electron chi connectivity index (χ3n) is 6.51. The highest BCUT2D eigenvalue weighted by Gasteiger charge is 2.61. The molecule has 2 aliphatic rings. The molecule has 180 valence electrons. The molecular formula is C24H32F2N4O3. The Kier molecular flexibility index (Phi) is 5.26. The number of hydrogen-bond donors (Lipinski definition) is 1. The quantitative estimate of drug-likeness (QED) is 0.741. The van der Waals surface area contributed by atoms with Crippen LogP contribution in [0.5, 0.6) is 0 Å². The van der Waals surface area contributed by atoms with Crippen molar-refractivity contribution >= 4 is 22.9 Å². The first-order chi connectivity index (χ1) is 15.1. The third kappa shape index (κ3) is 4.29. The van der Waals surface area contributed by atoms with Gasteiger partial charge >= 0.3 is 6.09 Å². The second kappa shape index (κ2) is 7.40. The van der Waals surface area contributed by atoms with E-state index in [1.807, 2.05) is 34.6 Å². The first-order valence-corrected chi connectivity index (χ1v) is 11.2. The Labute approximate surface area is 192 Å². The van der Waals surface area contributed by atoms with Gasteiger partial charge in [-0.05, 0) is 46.5 Å². The van der Waals surface area contributed by atoms with Gasteiger partial charge in [-0.1, -0.05) is 18.2 Å². The van der Waals surface area contributed by atoms with Crippen LogP contribution in [0.15, 0.2) is 18.2 Å². The van der Waals surface area contributed by atoms with Gasteiger partial charge in [-0.15, -0.1) is 0 Å². The molecule has 1 unspecified atom stereocenters. The Morgan fingerprint density at radius 1 is 1.09 bits per heavy atom. The molecule has 2 fully saturated rings. The van der Waals surface area contributed by atoms with E-state index in [4.69, 9.17) is 4.74 Å². The van der Waals surface area contributed by atoms with Crippen LogP contribution in [0, 0.1) is 17.8 Å². The van der Waals surface area contributed by atoms with Crippen LogP contribution in [-0.4, -0.2) is 45.4 Å². The van der Waals surface area contributed by atoms with E-state index in [0.717, 1.165) is 6.92 Å². The molecule has 3 atom stereocenters. The largest absolute Gasteiger partial charge is 0.444 e. The number of aryl methyl sites for hydroxylation is 1. The second-order valence-corrected chi connectivity index (χ2v) is 10.9. The first-order valence-electron chi connectivity index (χ1n) is 11.2. The van der Waals surface area contributed by atoms with Crippen molar-refractivity contribution in [2.75, 3.05) is 13.1 Å². The van der Waals surface area contributed by atoms with Gasteiger partial charge in [0.1, 0.15) is 5.60 Å². The van der Waals surface area contributed by atoms with Crippen LogP contribution < -0.4 is 5.32 Å². The number of benzene rings is 1. The predicted octanol–water partition coefficient (Wildman–Crippen LogP) is 4.15. The van der Waals surface area contributed by atoms with Gasteiger partial charge in [-0.2, -0.15) is 5.10 Å². The molecule has 1 aliphatic carbocycles. The normalized spacial score (nSPS) is 22.9. The number of carbonyl (C=O) groups is 2. The summed E-state index contributed by atoms with van der Waals surface area (Å²) in [7, 11) is 1.63. The lowest BCUT2D eigenvalue weighted by Crippen LogP contribution is -2.44. The molecule has 2 aromatic rings. The minimum atomic E-state index is -3.01. The molecule has 7 nitrogen and oxygen atoms in total. The van der Waals surface area contributed by atoms with E-state index < -0.39 is 17.1 Å². The number of likely N-dealkylation sites (tertiary alicyclic amines) is 1. The summed E-state index contributed by atoms with van der Waals surface area (Å²) in [6, 6.07) is 4.75. The van der Waals surface area contributed by atoms with E-state index >= 15 is 0 Å². The average Bonchev–Trinajstić information content (AvgIpc) is 2.99. The fourth-order valence-electron chi connectivity index (χ4n) is 4.99. The zero-order valence-electron chi connectivity index (χ0n) is 20.2. The van der Waals surface area contributed by atoms with Crippen molar-refractivity contribution in [3.8, 4) is 0 Å². The monoisotopic (exact) mass is 462 g/mol. The highest BCUT2D eigenvalue weighted by atomic mass is 19.3. The topological polar surface area (TPSA) is 76.5 Å². The Morgan fingerprint density at radius 2 is 1.70 bits per heavy atom. The summed E-state index contributed by atoms with van der Waals surface area (Å²) >= 11 is 0. The molecular weight excluding hydrogens is 430 g/mol. The maximum atomic E-state index is 14.2. The van der Waals surface area contributed by atoms with E-state index in [9.17, 15) is 18.4 Å². The Balaban J connectivity index is 1.47. The third-order valence-corrected chi connectivity index (χ3v) is 6.51. The Hall–Kier alpha value is -2.71. The van der Waals surface area contributed by atoms with Crippen molar-refractivity contribution in [3.05, 3.63) is 29.5 Å². The van der Waals surface area contributed by atoms with E-state index in [-0.39, 0.29) is 35.3 Å². The molecule has 4 rings (SSSR count). The predicted molar refractivity (Wildman–Crippen MR) is 120 cm³/mol. The maximum Gasteiger partial charge on any atom is 0.410 e. The van der Waals surface area contributed by atoms with Crippen LogP contribution in [0.3, 0.4) is 0 Å². The molecule has 2 amide bonds. The number of carbonyl (C=O) groups excluding carboxylic acids is 2. The molecule has 0 radical (unpaired) electrons. The van der Waals surface area contributed by atoms with Gasteiger partial charge in [0.15, 0.2) is 0 Å². The summed E-state index contributed by atoms with van der Waals surface area (Å²) in [4.78, 5) is 27.0. The number of fused-ring (bicyclic) bond motifs is 2. The van der Waals surface area contributed by atoms with Gasteiger partial charge < -0.3 is 15.0 Å². The number of amides is 2. The van der Waals surface area contributed by atoms with Crippen LogP contribution in [0.25, 0.3) is 10.9 Å². The minimum absolute atomic E-state index is 0.0951. The summed E-state index contributed by atoms with van der Waals surface area (Å²) < 4.78 is 35.2. The van der Waals surface area contributed by atoms with E-state index in [2.05, 4.69) is 10.4 Å². The molecule has 33 heavy (non-hydrogen) atoms. The van der Waals surface area contributed by atoms with Crippen LogP contribution in [0.1, 0.15) is 52.8 Å². The zero-order chi connectivity index (χ0) is 24.5. The average molecular weight is 463 g/mol. The Morgan fingerprint density at radius 3 is 2.24 bits per heavy atom. The maximum absolute atomic E-state index is 14.2. The first kappa shape index (κ1) is 23.4. The van der Waals surface area contributed by atoms with Crippen molar-refractivity contribution in [1.82, 2.24) is 20.0 Å². The van der Waals surface area contributed by atoms with Crippen LogP contribution >= 0.6 is 0 Å². The molecule has 1 aromatic heterocycles. The van der Waals surface area contributed by atoms with Crippen molar-refractivity contribution in [2.45, 2.75) is 58.6 Å². The molecule has 0 spiro atoms. The van der Waals surface area contributed by atoms with Gasteiger partial charge in [0.25, 0.3) is 5.92 Å². The summed E-state index contributed by atoms with van der Waals surface area (Å²) in [5.74, 6) is -3.06. The van der Waals surface area contributed by atoms with Crippen LogP contribution in [-0.2, 0) is 28.0 Å². The van der Waals surface area contributed by atoms with Crippen LogP contribution in [0.2, 0.25) is 0 Å². The fraction of sp³-hybridized carbons (Fsp3) is 0.625. The van der Waals surface area contributed by atoms with Crippen molar-refractivity contribution in [2.24, 2.45) is 24.8 Å².